The van der Waals surface area contributed by atoms with Crippen molar-refractivity contribution in [3.05, 3.63) is 45.0 Å². The first kappa shape index (κ1) is 21.5. The molecule has 156 valence electrons. The van der Waals surface area contributed by atoms with Crippen molar-refractivity contribution < 1.29 is 13.2 Å². The van der Waals surface area contributed by atoms with E-state index >= 15 is 0 Å². The Morgan fingerprint density at radius 1 is 1.30 bits per heavy atom. The largest absolute Gasteiger partial charge is 0.305 e. The van der Waals surface area contributed by atoms with Crippen molar-refractivity contribution in [2.24, 2.45) is 10.9 Å². The lowest BCUT2D eigenvalue weighted by Gasteiger charge is -2.29. The molecule has 2 aromatic heterocycles. The molecule has 3 aromatic rings. The molecule has 0 aliphatic carbocycles. The number of piperidine rings is 1. The van der Waals surface area contributed by atoms with Crippen molar-refractivity contribution in [1.29, 1.82) is 0 Å². The van der Waals surface area contributed by atoms with Crippen molar-refractivity contribution in [3.63, 3.8) is 0 Å². The highest BCUT2D eigenvalue weighted by molar-refractivity contribution is 9.10. The maximum Gasteiger partial charge on any atom is 0.252 e. The number of carbonyl (C=O) groups excluding carboxylic acids is 1. The molecule has 3 heterocycles. The summed E-state index contributed by atoms with van der Waals surface area (Å²) in [4.78, 5) is 17.8. The Bertz CT molecular complexity index is 1290. The van der Waals surface area contributed by atoms with E-state index in [1.807, 2.05) is 22.8 Å². The third kappa shape index (κ3) is 4.18. The van der Waals surface area contributed by atoms with Crippen LogP contribution in [0.4, 0.5) is 0 Å². The minimum atomic E-state index is -3.48. The molecular formula is C20H18BrN3O3S3. The van der Waals surface area contributed by atoms with Gasteiger partial charge in [-0.3, -0.25) is 4.79 Å². The third-order valence-electron chi connectivity index (χ3n) is 4.99. The summed E-state index contributed by atoms with van der Waals surface area (Å²) in [5.41, 5.74) is 0.935. The van der Waals surface area contributed by atoms with Crippen molar-refractivity contribution >= 4 is 64.8 Å². The lowest BCUT2D eigenvalue weighted by atomic mass is 9.98. The quantitative estimate of drug-likeness (QED) is 0.489. The topological polar surface area (TPSA) is 71.7 Å². The van der Waals surface area contributed by atoms with Gasteiger partial charge >= 0.3 is 0 Å². The van der Waals surface area contributed by atoms with Gasteiger partial charge in [-0.25, -0.2) is 8.42 Å². The number of hydrogen-bond acceptors (Lipinski definition) is 5. The Balaban J connectivity index is 1.55. The molecule has 1 aliphatic rings. The number of aromatic nitrogens is 1. The van der Waals surface area contributed by atoms with E-state index in [-0.39, 0.29) is 11.8 Å². The van der Waals surface area contributed by atoms with Crippen molar-refractivity contribution in [1.82, 2.24) is 8.87 Å². The maximum absolute atomic E-state index is 12.9. The van der Waals surface area contributed by atoms with Crippen LogP contribution in [0.5, 0.6) is 0 Å². The van der Waals surface area contributed by atoms with Gasteiger partial charge in [-0.2, -0.15) is 9.30 Å². The molecule has 4 rings (SSSR count). The predicted molar refractivity (Wildman–Crippen MR) is 123 cm³/mol. The Hall–Kier alpha value is -1.77. The van der Waals surface area contributed by atoms with Crippen molar-refractivity contribution in [3.8, 4) is 12.3 Å². The van der Waals surface area contributed by atoms with Gasteiger partial charge < -0.3 is 4.57 Å². The van der Waals surface area contributed by atoms with Crippen LogP contribution >= 0.6 is 38.6 Å². The SMILES string of the molecule is C#CCn1c(=NC(=O)C2CCN(S(=O)(=O)c3cccs3)CC2)sc2cc(Br)ccc21. The van der Waals surface area contributed by atoms with E-state index in [0.717, 1.165) is 14.7 Å². The Kier molecular flexibility index (Phi) is 6.27. The Morgan fingerprint density at radius 2 is 2.07 bits per heavy atom. The zero-order valence-corrected chi connectivity index (χ0v) is 19.9. The molecular weight excluding hydrogens is 506 g/mol. The van der Waals surface area contributed by atoms with Gasteiger partial charge in [-0.1, -0.05) is 39.3 Å². The molecule has 1 aliphatic heterocycles. The van der Waals surface area contributed by atoms with Crippen LogP contribution in [0.25, 0.3) is 10.2 Å². The molecule has 1 saturated heterocycles. The van der Waals surface area contributed by atoms with Gasteiger partial charge in [0.25, 0.3) is 15.9 Å². The number of amides is 1. The minimum Gasteiger partial charge on any atom is -0.305 e. The lowest BCUT2D eigenvalue weighted by molar-refractivity contribution is -0.122. The molecule has 0 unspecified atom stereocenters. The predicted octanol–water partition coefficient (Wildman–Crippen LogP) is 3.69. The number of carbonyl (C=O) groups is 1. The van der Waals surface area contributed by atoms with Crippen LogP contribution in [0.3, 0.4) is 0 Å². The second-order valence-corrected chi connectivity index (χ2v) is 11.9. The number of nitrogens with zero attached hydrogens (tertiary/aromatic N) is 3. The highest BCUT2D eigenvalue weighted by Gasteiger charge is 2.32. The number of thiophene rings is 1. The molecule has 0 N–H and O–H groups in total. The fourth-order valence-electron chi connectivity index (χ4n) is 3.44. The first-order chi connectivity index (χ1) is 14.4. The maximum atomic E-state index is 12.9. The highest BCUT2D eigenvalue weighted by Crippen LogP contribution is 2.27. The number of terminal acetylenes is 1. The number of halogens is 1. The van der Waals surface area contributed by atoms with Gasteiger partial charge in [0.05, 0.1) is 16.8 Å². The molecule has 1 amide bonds. The molecule has 0 radical (unpaired) electrons. The van der Waals surface area contributed by atoms with Crippen LogP contribution in [-0.4, -0.2) is 36.3 Å². The van der Waals surface area contributed by atoms with E-state index in [0.29, 0.717) is 41.5 Å². The van der Waals surface area contributed by atoms with E-state index in [2.05, 4.69) is 26.8 Å². The van der Waals surface area contributed by atoms with E-state index in [1.54, 1.807) is 17.5 Å². The van der Waals surface area contributed by atoms with Gasteiger partial charge in [0.1, 0.15) is 4.21 Å². The van der Waals surface area contributed by atoms with Crippen molar-refractivity contribution in [2.45, 2.75) is 23.6 Å². The zero-order chi connectivity index (χ0) is 21.3. The molecule has 1 fully saturated rings. The Morgan fingerprint density at radius 3 is 2.73 bits per heavy atom. The molecule has 6 nitrogen and oxygen atoms in total. The van der Waals surface area contributed by atoms with Crippen LogP contribution in [0.2, 0.25) is 0 Å². The second-order valence-electron chi connectivity index (χ2n) is 6.85. The van der Waals surface area contributed by atoms with Gasteiger partial charge in [0.15, 0.2) is 4.80 Å². The van der Waals surface area contributed by atoms with Crippen LogP contribution in [0.1, 0.15) is 12.8 Å². The molecule has 0 spiro atoms. The number of benzene rings is 1. The average molecular weight is 524 g/mol. The van der Waals surface area contributed by atoms with Gasteiger partial charge in [-0.05, 0) is 42.5 Å². The van der Waals surface area contributed by atoms with Crippen molar-refractivity contribution in [2.75, 3.05) is 13.1 Å². The molecule has 10 heteroatoms. The smallest absolute Gasteiger partial charge is 0.252 e. The summed E-state index contributed by atoms with van der Waals surface area (Å²) in [5.74, 6) is 2.10. The molecule has 0 saturated carbocycles. The normalized spacial score (nSPS) is 16.7. The first-order valence-corrected chi connectivity index (χ1v) is 13.2. The molecule has 0 atom stereocenters. The van der Waals surface area contributed by atoms with E-state index in [4.69, 9.17) is 6.42 Å². The number of sulfonamides is 1. The van der Waals surface area contributed by atoms with Crippen LogP contribution in [0, 0.1) is 18.3 Å². The summed E-state index contributed by atoms with van der Waals surface area (Å²) in [5, 5.41) is 1.75. The van der Waals surface area contributed by atoms with Crippen LogP contribution in [-0.2, 0) is 21.4 Å². The summed E-state index contributed by atoms with van der Waals surface area (Å²) in [7, 11) is -3.48. The van der Waals surface area contributed by atoms with Gasteiger partial charge in [0, 0.05) is 23.5 Å². The number of thiazole rings is 1. The van der Waals surface area contributed by atoms with Gasteiger partial charge in [-0.15, -0.1) is 17.8 Å². The first-order valence-electron chi connectivity index (χ1n) is 9.25. The number of rotatable bonds is 4. The fraction of sp³-hybridized carbons (Fsp3) is 0.300. The fourth-order valence-corrected chi connectivity index (χ4v) is 7.64. The monoisotopic (exact) mass is 523 g/mol. The molecule has 1 aromatic carbocycles. The summed E-state index contributed by atoms with van der Waals surface area (Å²) in [6.45, 7) is 0.955. The van der Waals surface area contributed by atoms with Crippen LogP contribution in [0.15, 0.2) is 49.4 Å². The molecule has 0 bridgehead atoms. The minimum absolute atomic E-state index is 0.223. The van der Waals surface area contributed by atoms with E-state index in [1.165, 1.54) is 27.0 Å². The third-order valence-corrected chi connectivity index (χ3v) is 9.80. The standard InChI is InChI=1S/C20H18BrN3O3S3/c1-2-9-24-16-6-5-15(21)13-17(16)29-20(24)22-19(25)14-7-10-23(11-8-14)30(26,27)18-4-3-12-28-18/h1,3-6,12-14H,7-11H2. The zero-order valence-electron chi connectivity index (χ0n) is 15.8. The summed E-state index contributed by atoms with van der Waals surface area (Å²) >= 11 is 6.08. The summed E-state index contributed by atoms with van der Waals surface area (Å²) < 4.78 is 30.9. The number of fused-ring (bicyclic) bond motifs is 1. The second kappa shape index (κ2) is 8.77. The van der Waals surface area contributed by atoms with Crippen LogP contribution < -0.4 is 4.80 Å². The average Bonchev–Trinajstić information content (AvgIpc) is 3.38. The number of hydrogen-bond donors (Lipinski definition) is 0. The van der Waals surface area contributed by atoms with E-state index < -0.39 is 10.0 Å². The van der Waals surface area contributed by atoms with Gasteiger partial charge in [0.2, 0.25) is 0 Å². The lowest BCUT2D eigenvalue weighted by Crippen LogP contribution is -2.40. The molecule has 30 heavy (non-hydrogen) atoms. The Labute approximate surface area is 191 Å². The highest BCUT2D eigenvalue weighted by atomic mass is 79.9. The van der Waals surface area contributed by atoms with E-state index in [9.17, 15) is 13.2 Å². The summed E-state index contributed by atoms with van der Waals surface area (Å²) in [6.07, 6.45) is 6.43. The summed E-state index contributed by atoms with van der Waals surface area (Å²) in [6, 6.07) is 9.19.